The third kappa shape index (κ3) is 10.7. The Morgan fingerprint density at radius 3 is 2.77 bits per heavy atom. The molecule has 1 aromatic rings. The van der Waals surface area contributed by atoms with Gasteiger partial charge in [0.05, 0.1) is 13.2 Å². The monoisotopic (exact) mass is 545 g/mol. The number of ether oxygens (including phenoxy) is 3. The van der Waals surface area contributed by atoms with Gasteiger partial charge in [0.25, 0.3) is 0 Å². The van der Waals surface area contributed by atoms with Crippen molar-refractivity contribution in [1.29, 1.82) is 0 Å². The first kappa shape index (κ1) is 26.8. The fourth-order valence-corrected chi connectivity index (χ4v) is 2.83. The maximum absolute atomic E-state index is 12.0. The normalized spacial score (nSPS) is 16.8. The minimum absolute atomic E-state index is 0. The van der Waals surface area contributed by atoms with E-state index in [0.29, 0.717) is 38.0 Å². The number of hydrogen-bond donors (Lipinski definition) is 2. The Balaban J connectivity index is 0.00000450. The Bertz CT molecular complexity index is 654. The lowest BCUT2D eigenvalue weighted by atomic mass is 10.1. The summed E-state index contributed by atoms with van der Waals surface area (Å²) in [6.07, 6.45) is -2.83. The molecule has 1 heterocycles. The van der Waals surface area contributed by atoms with Crippen molar-refractivity contribution in [2.45, 2.75) is 32.5 Å². The average molecular weight is 545 g/mol. The van der Waals surface area contributed by atoms with Crippen molar-refractivity contribution in [1.82, 2.24) is 10.6 Å². The number of rotatable bonds is 10. The van der Waals surface area contributed by atoms with Gasteiger partial charge in [-0.1, -0.05) is 12.1 Å². The van der Waals surface area contributed by atoms with Gasteiger partial charge < -0.3 is 24.8 Å². The van der Waals surface area contributed by atoms with Crippen molar-refractivity contribution in [2.24, 2.45) is 10.9 Å². The average Bonchev–Trinajstić information content (AvgIpc) is 3.19. The summed E-state index contributed by atoms with van der Waals surface area (Å²) < 4.78 is 52.1. The highest BCUT2D eigenvalue weighted by Gasteiger charge is 2.27. The van der Waals surface area contributed by atoms with Crippen molar-refractivity contribution in [3.8, 4) is 5.75 Å². The summed E-state index contributed by atoms with van der Waals surface area (Å²) in [5.41, 5.74) is 2.12. The van der Waals surface area contributed by atoms with Crippen LogP contribution in [-0.2, 0) is 16.0 Å². The van der Waals surface area contributed by atoms with Gasteiger partial charge in [-0.3, -0.25) is 4.99 Å². The van der Waals surface area contributed by atoms with E-state index >= 15 is 0 Å². The van der Waals surface area contributed by atoms with Crippen LogP contribution in [0, 0.1) is 12.8 Å². The second kappa shape index (κ2) is 13.9. The SMILES string of the molecule is CN=C(NCCCOCC(F)(F)F)NCc1ccc(C)cc1OCC1CCOC1.I. The summed E-state index contributed by atoms with van der Waals surface area (Å²) in [5, 5.41) is 6.27. The molecule has 1 atom stereocenters. The lowest BCUT2D eigenvalue weighted by molar-refractivity contribution is -0.173. The van der Waals surface area contributed by atoms with E-state index in [1.165, 1.54) is 0 Å². The summed E-state index contributed by atoms with van der Waals surface area (Å²) >= 11 is 0. The molecule has 0 radical (unpaired) electrons. The van der Waals surface area contributed by atoms with Gasteiger partial charge in [-0.2, -0.15) is 13.2 Å². The molecule has 172 valence electrons. The zero-order valence-corrected chi connectivity index (χ0v) is 19.7. The highest BCUT2D eigenvalue weighted by molar-refractivity contribution is 14.0. The zero-order valence-electron chi connectivity index (χ0n) is 17.4. The first-order chi connectivity index (χ1) is 13.9. The van der Waals surface area contributed by atoms with E-state index in [-0.39, 0.29) is 30.6 Å². The molecule has 1 aromatic carbocycles. The molecule has 1 aliphatic rings. The number of nitrogens with zero attached hydrogens (tertiary/aromatic N) is 1. The maximum Gasteiger partial charge on any atom is 0.411 e. The molecule has 0 saturated carbocycles. The summed E-state index contributed by atoms with van der Waals surface area (Å²) in [6.45, 7) is 3.96. The minimum atomic E-state index is -4.29. The lowest BCUT2D eigenvalue weighted by Crippen LogP contribution is -2.37. The fourth-order valence-electron chi connectivity index (χ4n) is 2.83. The predicted octanol–water partition coefficient (Wildman–Crippen LogP) is 3.66. The number of halogens is 4. The molecule has 0 spiro atoms. The largest absolute Gasteiger partial charge is 0.493 e. The quantitative estimate of drug-likeness (QED) is 0.204. The number of benzene rings is 1. The standard InChI is InChI=1S/C20H30F3N3O3.HI/c1-15-4-5-17(18(10-15)29-13-16-6-9-27-12-16)11-26-19(24-2)25-7-3-8-28-14-20(21,22)23;/h4-5,10,16H,3,6-9,11-14H2,1-2H3,(H2,24,25,26);1H. The van der Waals surface area contributed by atoms with Crippen molar-refractivity contribution >= 4 is 29.9 Å². The maximum atomic E-state index is 12.0. The molecule has 6 nitrogen and oxygen atoms in total. The van der Waals surface area contributed by atoms with Gasteiger partial charge in [0, 0.05) is 44.8 Å². The van der Waals surface area contributed by atoms with Crippen molar-refractivity contribution in [2.75, 3.05) is 46.6 Å². The number of aliphatic imine (C=N–C) groups is 1. The third-order valence-corrected chi connectivity index (χ3v) is 4.41. The topological polar surface area (TPSA) is 64.1 Å². The van der Waals surface area contributed by atoms with Crippen molar-refractivity contribution < 1.29 is 27.4 Å². The van der Waals surface area contributed by atoms with Crippen LogP contribution in [0.4, 0.5) is 13.2 Å². The predicted molar refractivity (Wildman–Crippen MR) is 121 cm³/mol. The smallest absolute Gasteiger partial charge is 0.411 e. The second-order valence-corrected chi connectivity index (χ2v) is 7.03. The molecule has 30 heavy (non-hydrogen) atoms. The third-order valence-electron chi connectivity index (χ3n) is 4.41. The van der Waals surface area contributed by atoms with E-state index in [1.807, 2.05) is 25.1 Å². The van der Waals surface area contributed by atoms with E-state index < -0.39 is 12.8 Å². The first-order valence-corrected chi connectivity index (χ1v) is 9.76. The van der Waals surface area contributed by atoms with Crippen LogP contribution in [0.1, 0.15) is 24.0 Å². The number of nitrogens with one attached hydrogen (secondary N) is 2. The van der Waals surface area contributed by atoms with Crippen LogP contribution in [-0.4, -0.2) is 58.8 Å². The Labute approximate surface area is 193 Å². The van der Waals surface area contributed by atoms with Crippen LogP contribution in [0.5, 0.6) is 5.75 Å². The molecule has 1 saturated heterocycles. The molecular weight excluding hydrogens is 514 g/mol. The van der Waals surface area contributed by atoms with Crippen LogP contribution in [0.15, 0.2) is 23.2 Å². The second-order valence-electron chi connectivity index (χ2n) is 7.03. The molecule has 0 aliphatic carbocycles. The number of alkyl halides is 3. The van der Waals surface area contributed by atoms with Crippen LogP contribution >= 0.6 is 24.0 Å². The van der Waals surface area contributed by atoms with Gasteiger partial charge in [0.1, 0.15) is 12.4 Å². The summed E-state index contributed by atoms with van der Waals surface area (Å²) in [4.78, 5) is 4.13. The van der Waals surface area contributed by atoms with E-state index in [4.69, 9.17) is 9.47 Å². The highest BCUT2D eigenvalue weighted by Crippen LogP contribution is 2.22. The minimum Gasteiger partial charge on any atom is -0.493 e. The van der Waals surface area contributed by atoms with Gasteiger partial charge >= 0.3 is 6.18 Å². The Kier molecular flexibility index (Phi) is 12.4. The molecular formula is C20H31F3IN3O3. The Morgan fingerprint density at radius 1 is 1.30 bits per heavy atom. The van der Waals surface area contributed by atoms with Gasteiger partial charge in [0.2, 0.25) is 0 Å². The number of guanidine groups is 1. The molecule has 1 fully saturated rings. The number of hydrogen-bond acceptors (Lipinski definition) is 4. The summed E-state index contributed by atoms with van der Waals surface area (Å²) in [7, 11) is 1.64. The lowest BCUT2D eigenvalue weighted by Gasteiger charge is -2.17. The molecule has 10 heteroatoms. The van der Waals surface area contributed by atoms with E-state index in [9.17, 15) is 13.2 Å². The van der Waals surface area contributed by atoms with Crippen molar-refractivity contribution in [3.63, 3.8) is 0 Å². The fraction of sp³-hybridized carbons (Fsp3) is 0.650. The highest BCUT2D eigenvalue weighted by atomic mass is 127. The van der Waals surface area contributed by atoms with Crippen LogP contribution < -0.4 is 15.4 Å². The van der Waals surface area contributed by atoms with Crippen LogP contribution in [0.25, 0.3) is 0 Å². The van der Waals surface area contributed by atoms with Crippen molar-refractivity contribution in [3.05, 3.63) is 29.3 Å². The zero-order chi connectivity index (χ0) is 21.1. The van der Waals surface area contributed by atoms with Crippen LogP contribution in [0.2, 0.25) is 0 Å². The van der Waals surface area contributed by atoms with Gasteiger partial charge in [-0.25, -0.2) is 0 Å². The van der Waals surface area contributed by atoms with E-state index in [2.05, 4.69) is 20.4 Å². The van der Waals surface area contributed by atoms with Crippen LogP contribution in [0.3, 0.4) is 0 Å². The Morgan fingerprint density at radius 2 is 2.10 bits per heavy atom. The van der Waals surface area contributed by atoms with Gasteiger partial charge in [-0.15, -0.1) is 24.0 Å². The Hall–Kier alpha value is -1.27. The molecule has 2 N–H and O–H groups in total. The molecule has 0 bridgehead atoms. The van der Waals surface area contributed by atoms with Gasteiger partial charge in [-0.05, 0) is 31.4 Å². The molecule has 1 aliphatic heterocycles. The van der Waals surface area contributed by atoms with E-state index in [0.717, 1.165) is 36.5 Å². The van der Waals surface area contributed by atoms with Gasteiger partial charge in [0.15, 0.2) is 5.96 Å². The molecule has 0 amide bonds. The molecule has 2 rings (SSSR count). The summed E-state index contributed by atoms with van der Waals surface area (Å²) in [6, 6.07) is 6.05. The summed E-state index contributed by atoms with van der Waals surface area (Å²) in [5.74, 6) is 1.82. The van der Waals surface area contributed by atoms with E-state index in [1.54, 1.807) is 7.05 Å². The molecule has 1 unspecified atom stereocenters. The molecule has 0 aromatic heterocycles. The first-order valence-electron chi connectivity index (χ1n) is 9.76. The number of aryl methyl sites for hydroxylation is 1.